The molecule has 2 aliphatic heterocycles. The molecule has 2 aliphatic rings. The Morgan fingerprint density at radius 3 is 2.78 bits per heavy atom. The van der Waals surface area contributed by atoms with Crippen molar-refractivity contribution in [1.29, 1.82) is 0 Å². The number of benzene rings is 2. The van der Waals surface area contributed by atoms with Crippen molar-refractivity contribution in [1.82, 2.24) is 4.90 Å². The predicted molar refractivity (Wildman–Crippen MR) is 99.3 cm³/mol. The number of halogens is 1. The number of likely N-dealkylation sites (tertiary alicyclic amines) is 1. The van der Waals surface area contributed by atoms with Crippen LogP contribution in [0.3, 0.4) is 0 Å². The van der Waals surface area contributed by atoms with E-state index in [9.17, 15) is 14.4 Å². The predicted octanol–water partition coefficient (Wildman–Crippen LogP) is 3.45. The summed E-state index contributed by atoms with van der Waals surface area (Å²) >= 11 is 6.11. The zero-order chi connectivity index (χ0) is 19.1. The summed E-state index contributed by atoms with van der Waals surface area (Å²) in [7, 11) is 0. The lowest BCUT2D eigenvalue weighted by Gasteiger charge is -2.29. The van der Waals surface area contributed by atoms with Crippen molar-refractivity contribution in [2.75, 3.05) is 5.32 Å². The summed E-state index contributed by atoms with van der Waals surface area (Å²) in [4.78, 5) is 38.8. The Morgan fingerprint density at radius 2 is 2.00 bits per heavy atom. The lowest BCUT2D eigenvalue weighted by molar-refractivity contribution is -0.144. The van der Waals surface area contributed by atoms with Crippen LogP contribution >= 0.6 is 11.6 Å². The fourth-order valence-corrected chi connectivity index (χ4v) is 3.66. The van der Waals surface area contributed by atoms with Crippen LogP contribution in [0.15, 0.2) is 42.5 Å². The molecule has 2 aromatic carbocycles. The number of carbonyl (C=O) groups excluding carboxylic acids is 3. The number of fused-ring (bicyclic) bond motifs is 1. The zero-order valence-corrected chi connectivity index (χ0v) is 15.3. The third-order valence-corrected chi connectivity index (χ3v) is 5.32. The molecular formula is C20H17ClN2O4. The van der Waals surface area contributed by atoms with Crippen LogP contribution in [0.1, 0.15) is 40.6 Å². The summed E-state index contributed by atoms with van der Waals surface area (Å²) in [5.74, 6) is -1.03. The fourth-order valence-electron chi connectivity index (χ4n) is 3.48. The Bertz CT molecular complexity index is 959. The number of nitrogens with zero attached hydrogens (tertiary/aromatic N) is 1. The number of hydrogen-bond acceptors (Lipinski definition) is 4. The van der Waals surface area contributed by atoms with Crippen molar-refractivity contribution < 1.29 is 19.1 Å². The van der Waals surface area contributed by atoms with Gasteiger partial charge in [0, 0.05) is 22.7 Å². The zero-order valence-electron chi connectivity index (χ0n) is 14.6. The molecule has 0 aliphatic carbocycles. The van der Waals surface area contributed by atoms with Gasteiger partial charge in [0.1, 0.15) is 6.04 Å². The second kappa shape index (κ2) is 6.70. The maximum absolute atomic E-state index is 12.8. The molecule has 2 atom stereocenters. The molecule has 6 nitrogen and oxygen atoms in total. The van der Waals surface area contributed by atoms with Gasteiger partial charge in [0.05, 0.1) is 5.56 Å². The summed E-state index contributed by atoms with van der Waals surface area (Å²) in [5.41, 5.74) is 2.49. The quantitative estimate of drug-likeness (QED) is 0.822. The van der Waals surface area contributed by atoms with Crippen LogP contribution in [0.2, 0.25) is 5.02 Å². The van der Waals surface area contributed by atoms with Crippen molar-refractivity contribution in [2.45, 2.75) is 32.0 Å². The van der Waals surface area contributed by atoms with Gasteiger partial charge in [0.25, 0.3) is 0 Å². The third-order valence-electron chi connectivity index (χ3n) is 4.92. The van der Waals surface area contributed by atoms with Gasteiger partial charge in [0.15, 0.2) is 0 Å². The van der Waals surface area contributed by atoms with E-state index in [1.54, 1.807) is 36.4 Å². The molecule has 0 bridgehead atoms. The normalized spacial score (nSPS) is 21.2. The highest BCUT2D eigenvalue weighted by atomic mass is 35.5. The number of cyclic esters (lactones) is 1. The van der Waals surface area contributed by atoms with Crippen LogP contribution in [0.4, 0.5) is 5.69 Å². The van der Waals surface area contributed by atoms with E-state index >= 15 is 0 Å². The molecule has 2 aromatic rings. The second-order valence-electron chi connectivity index (χ2n) is 6.65. The van der Waals surface area contributed by atoms with E-state index in [1.807, 2.05) is 13.0 Å². The molecule has 1 saturated heterocycles. The van der Waals surface area contributed by atoms with Gasteiger partial charge in [-0.1, -0.05) is 35.9 Å². The molecule has 1 fully saturated rings. The number of esters is 1. The average Bonchev–Trinajstić information content (AvgIpc) is 3.19. The Kier molecular flexibility index (Phi) is 4.36. The molecule has 27 heavy (non-hydrogen) atoms. The molecule has 0 saturated carbocycles. The van der Waals surface area contributed by atoms with Crippen LogP contribution in [0, 0.1) is 6.92 Å². The SMILES string of the molecule is Cc1ccc(NC(=O)[C@@H]2CCC(=O)N2C2OC(=O)c3ccccc32)cc1Cl. The van der Waals surface area contributed by atoms with Crippen molar-refractivity contribution in [3.05, 3.63) is 64.2 Å². The average molecular weight is 385 g/mol. The highest BCUT2D eigenvalue weighted by Gasteiger charge is 2.46. The van der Waals surface area contributed by atoms with Gasteiger partial charge in [-0.2, -0.15) is 0 Å². The Labute approximate surface area is 161 Å². The highest BCUT2D eigenvalue weighted by Crippen LogP contribution is 2.38. The standard InChI is InChI=1S/C20H17ClN2O4/c1-11-6-7-12(10-15(11)21)22-18(25)16-8-9-17(24)23(16)19-13-4-2-3-5-14(13)20(26)27-19/h2-7,10,16,19H,8-9H2,1H3,(H,22,25)/t16-,19?/m0/s1. The molecule has 4 rings (SSSR count). The van der Waals surface area contributed by atoms with E-state index in [0.717, 1.165) is 5.56 Å². The van der Waals surface area contributed by atoms with Gasteiger partial charge in [0.2, 0.25) is 18.0 Å². The maximum atomic E-state index is 12.8. The van der Waals surface area contributed by atoms with Gasteiger partial charge >= 0.3 is 5.97 Å². The van der Waals surface area contributed by atoms with E-state index in [2.05, 4.69) is 5.32 Å². The van der Waals surface area contributed by atoms with Crippen LogP contribution in [0.25, 0.3) is 0 Å². The van der Waals surface area contributed by atoms with Crippen LogP contribution in [0.5, 0.6) is 0 Å². The molecule has 0 aromatic heterocycles. The number of aryl methyl sites for hydroxylation is 1. The first-order valence-electron chi connectivity index (χ1n) is 8.64. The number of amides is 2. The maximum Gasteiger partial charge on any atom is 0.340 e. The minimum Gasteiger partial charge on any atom is -0.433 e. The third kappa shape index (κ3) is 3.06. The van der Waals surface area contributed by atoms with E-state index in [4.69, 9.17) is 16.3 Å². The van der Waals surface area contributed by atoms with Gasteiger partial charge in [-0.25, -0.2) is 4.79 Å². The van der Waals surface area contributed by atoms with E-state index in [0.29, 0.717) is 28.3 Å². The minimum atomic E-state index is -0.874. The Hall–Kier alpha value is -2.86. The second-order valence-corrected chi connectivity index (χ2v) is 7.06. The monoisotopic (exact) mass is 384 g/mol. The van der Waals surface area contributed by atoms with Crippen molar-refractivity contribution in [3.63, 3.8) is 0 Å². The molecule has 2 amide bonds. The van der Waals surface area contributed by atoms with Crippen molar-refractivity contribution in [3.8, 4) is 0 Å². The molecule has 0 radical (unpaired) electrons. The molecule has 138 valence electrons. The lowest BCUT2D eigenvalue weighted by Crippen LogP contribution is -2.43. The number of nitrogens with one attached hydrogen (secondary N) is 1. The smallest absolute Gasteiger partial charge is 0.340 e. The highest BCUT2D eigenvalue weighted by molar-refractivity contribution is 6.31. The molecule has 1 unspecified atom stereocenters. The van der Waals surface area contributed by atoms with E-state index in [1.165, 1.54) is 4.90 Å². The molecule has 0 spiro atoms. The van der Waals surface area contributed by atoms with Crippen molar-refractivity contribution in [2.24, 2.45) is 0 Å². The van der Waals surface area contributed by atoms with Gasteiger partial charge in [-0.15, -0.1) is 0 Å². The van der Waals surface area contributed by atoms with Gasteiger partial charge in [-0.05, 0) is 37.1 Å². The van der Waals surface area contributed by atoms with Crippen LogP contribution < -0.4 is 5.32 Å². The molecule has 7 heteroatoms. The summed E-state index contributed by atoms with van der Waals surface area (Å²) < 4.78 is 5.42. The Balaban J connectivity index is 1.59. The number of anilines is 1. The minimum absolute atomic E-state index is 0.216. The number of hydrogen-bond donors (Lipinski definition) is 1. The number of rotatable bonds is 3. The van der Waals surface area contributed by atoms with E-state index in [-0.39, 0.29) is 18.2 Å². The fraction of sp³-hybridized carbons (Fsp3) is 0.250. The first-order valence-corrected chi connectivity index (χ1v) is 9.01. The Morgan fingerprint density at radius 1 is 1.22 bits per heavy atom. The number of carbonyl (C=O) groups is 3. The van der Waals surface area contributed by atoms with Crippen molar-refractivity contribution >= 4 is 35.1 Å². The van der Waals surface area contributed by atoms with Gasteiger partial charge in [-0.3, -0.25) is 14.5 Å². The lowest BCUT2D eigenvalue weighted by atomic mass is 10.1. The first kappa shape index (κ1) is 17.5. The first-order chi connectivity index (χ1) is 13.0. The molecule has 1 N–H and O–H groups in total. The summed E-state index contributed by atoms with van der Waals surface area (Å²) in [6.45, 7) is 1.87. The van der Waals surface area contributed by atoms with Crippen LogP contribution in [-0.4, -0.2) is 28.7 Å². The topological polar surface area (TPSA) is 75.7 Å². The molecule has 2 heterocycles. The molecular weight excluding hydrogens is 368 g/mol. The summed E-state index contributed by atoms with van der Waals surface area (Å²) in [6, 6.07) is 11.4. The number of ether oxygens (including phenoxy) is 1. The summed E-state index contributed by atoms with van der Waals surface area (Å²) in [6.07, 6.45) is -0.287. The summed E-state index contributed by atoms with van der Waals surface area (Å²) in [5, 5.41) is 3.35. The van der Waals surface area contributed by atoms with Gasteiger partial charge < -0.3 is 10.1 Å². The van der Waals surface area contributed by atoms with E-state index < -0.39 is 18.2 Å². The largest absolute Gasteiger partial charge is 0.433 e. The van der Waals surface area contributed by atoms with Crippen LogP contribution in [-0.2, 0) is 14.3 Å².